The third-order valence-electron chi connectivity index (χ3n) is 7.83. The van der Waals surface area contributed by atoms with E-state index in [0.29, 0.717) is 24.8 Å². The van der Waals surface area contributed by atoms with Crippen LogP contribution in [0.1, 0.15) is 55.2 Å². The number of amides is 1. The van der Waals surface area contributed by atoms with Crippen molar-refractivity contribution in [2.45, 2.75) is 59.2 Å². The molecule has 0 bridgehead atoms. The minimum absolute atomic E-state index is 0.0579. The second-order valence-corrected chi connectivity index (χ2v) is 10.9. The van der Waals surface area contributed by atoms with Crippen LogP contribution in [0.5, 0.6) is 0 Å². The first-order valence-corrected chi connectivity index (χ1v) is 13.7. The first-order chi connectivity index (χ1) is 18.0. The van der Waals surface area contributed by atoms with Gasteiger partial charge in [0.25, 0.3) is 0 Å². The van der Waals surface area contributed by atoms with E-state index in [2.05, 4.69) is 75.5 Å². The van der Waals surface area contributed by atoms with E-state index < -0.39 is 0 Å². The van der Waals surface area contributed by atoms with Crippen LogP contribution in [0.25, 0.3) is 11.4 Å². The Morgan fingerprint density at radius 3 is 2.35 bits per heavy atom. The number of benzene rings is 2. The summed E-state index contributed by atoms with van der Waals surface area (Å²) in [6, 6.07) is 16.8. The van der Waals surface area contributed by atoms with E-state index in [0.717, 1.165) is 49.5 Å². The molecular formula is C30H39N5O2. The molecule has 0 radical (unpaired) electrons. The number of carbonyl (C=O) groups is 1. The number of aromatic nitrogens is 2. The zero-order valence-electron chi connectivity index (χ0n) is 22.2. The van der Waals surface area contributed by atoms with Crippen LogP contribution in [0, 0.1) is 18.8 Å². The number of nitrogens with zero attached hydrogens (tertiary/aromatic N) is 4. The van der Waals surface area contributed by atoms with Gasteiger partial charge in [0.2, 0.25) is 17.6 Å². The molecule has 2 aliphatic rings. The molecule has 2 saturated heterocycles. The Kier molecular flexibility index (Phi) is 8.31. The van der Waals surface area contributed by atoms with E-state index in [4.69, 9.17) is 4.52 Å². The smallest absolute Gasteiger partial charge is 0.241 e. The molecule has 3 aromatic rings. The average Bonchev–Trinajstić information content (AvgIpc) is 3.38. The SMILES string of the molecule is Cc1cccc(-c2noc(CN3CCC(C(=O)NCc4ccc(CN5CCC(C)CC5)cc4)CC3)n2)c1. The number of hydrogen-bond donors (Lipinski definition) is 1. The minimum atomic E-state index is 0.0579. The Morgan fingerprint density at radius 1 is 0.946 bits per heavy atom. The van der Waals surface area contributed by atoms with Gasteiger partial charge in [0, 0.05) is 24.6 Å². The summed E-state index contributed by atoms with van der Waals surface area (Å²) in [4.78, 5) is 22.2. The highest BCUT2D eigenvalue weighted by Gasteiger charge is 2.26. The van der Waals surface area contributed by atoms with Crippen LogP contribution < -0.4 is 5.32 Å². The molecule has 2 aromatic carbocycles. The molecule has 2 aliphatic heterocycles. The van der Waals surface area contributed by atoms with E-state index in [1.165, 1.54) is 37.1 Å². The predicted octanol–water partition coefficient (Wildman–Crippen LogP) is 4.81. The van der Waals surface area contributed by atoms with Crippen molar-refractivity contribution in [3.05, 3.63) is 71.1 Å². The number of hydrogen-bond acceptors (Lipinski definition) is 6. The summed E-state index contributed by atoms with van der Waals surface area (Å²) in [5, 5.41) is 7.30. The van der Waals surface area contributed by atoms with Crippen molar-refractivity contribution in [2.24, 2.45) is 11.8 Å². The summed E-state index contributed by atoms with van der Waals surface area (Å²) in [7, 11) is 0. The quantitative estimate of drug-likeness (QED) is 0.478. The molecule has 1 N–H and O–H groups in total. The van der Waals surface area contributed by atoms with Crippen LogP contribution in [0.4, 0.5) is 0 Å². The number of piperidine rings is 2. The molecule has 37 heavy (non-hydrogen) atoms. The predicted molar refractivity (Wildman–Crippen MR) is 144 cm³/mol. The van der Waals surface area contributed by atoms with Gasteiger partial charge < -0.3 is 9.84 Å². The highest BCUT2D eigenvalue weighted by molar-refractivity contribution is 5.78. The van der Waals surface area contributed by atoms with Gasteiger partial charge >= 0.3 is 0 Å². The second-order valence-electron chi connectivity index (χ2n) is 10.9. The van der Waals surface area contributed by atoms with Crippen LogP contribution in [-0.2, 0) is 24.4 Å². The maximum atomic E-state index is 12.8. The molecule has 0 spiro atoms. The van der Waals surface area contributed by atoms with Crippen LogP contribution in [-0.4, -0.2) is 52.0 Å². The Balaban J connectivity index is 1.03. The highest BCUT2D eigenvalue weighted by atomic mass is 16.5. The monoisotopic (exact) mass is 501 g/mol. The van der Waals surface area contributed by atoms with Crippen molar-refractivity contribution in [3.63, 3.8) is 0 Å². The van der Waals surface area contributed by atoms with Gasteiger partial charge in [-0.05, 0) is 81.9 Å². The van der Waals surface area contributed by atoms with E-state index >= 15 is 0 Å². The fraction of sp³-hybridized carbons (Fsp3) is 0.500. The van der Waals surface area contributed by atoms with Gasteiger partial charge in [0.1, 0.15) is 0 Å². The summed E-state index contributed by atoms with van der Waals surface area (Å²) < 4.78 is 5.49. The van der Waals surface area contributed by atoms with Gasteiger partial charge in [0.15, 0.2) is 0 Å². The minimum Gasteiger partial charge on any atom is -0.352 e. The molecule has 2 fully saturated rings. The van der Waals surface area contributed by atoms with Crippen molar-refractivity contribution in [1.82, 2.24) is 25.3 Å². The maximum absolute atomic E-state index is 12.8. The summed E-state index contributed by atoms with van der Waals surface area (Å²) >= 11 is 0. The van der Waals surface area contributed by atoms with Crippen LogP contribution in [0.2, 0.25) is 0 Å². The Labute approximate surface area is 220 Å². The molecule has 0 aliphatic carbocycles. The van der Waals surface area contributed by atoms with Gasteiger partial charge in [-0.2, -0.15) is 4.98 Å². The van der Waals surface area contributed by atoms with Gasteiger partial charge in [-0.25, -0.2) is 0 Å². The molecule has 5 rings (SSSR count). The molecule has 0 atom stereocenters. The van der Waals surface area contributed by atoms with E-state index in [-0.39, 0.29) is 11.8 Å². The van der Waals surface area contributed by atoms with Crippen LogP contribution in [0.3, 0.4) is 0 Å². The lowest BCUT2D eigenvalue weighted by atomic mass is 9.96. The largest absolute Gasteiger partial charge is 0.352 e. The van der Waals surface area contributed by atoms with Gasteiger partial charge in [-0.15, -0.1) is 0 Å². The third-order valence-corrected chi connectivity index (χ3v) is 7.83. The molecule has 1 amide bonds. The fourth-order valence-corrected chi connectivity index (χ4v) is 5.34. The number of likely N-dealkylation sites (tertiary alicyclic amines) is 2. The molecule has 196 valence electrons. The highest BCUT2D eigenvalue weighted by Crippen LogP contribution is 2.22. The van der Waals surface area contributed by atoms with E-state index in [1.807, 2.05) is 12.1 Å². The summed E-state index contributed by atoms with van der Waals surface area (Å²) in [5.41, 5.74) is 4.65. The van der Waals surface area contributed by atoms with Gasteiger partial charge in [-0.3, -0.25) is 14.6 Å². The fourth-order valence-electron chi connectivity index (χ4n) is 5.34. The lowest BCUT2D eigenvalue weighted by Gasteiger charge is -2.30. The van der Waals surface area contributed by atoms with Crippen molar-refractivity contribution in [1.29, 1.82) is 0 Å². The lowest BCUT2D eigenvalue weighted by molar-refractivity contribution is -0.126. The van der Waals surface area contributed by atoms with Gasteiger partial charge in [-0.1, -0.05) is 60.1 Å². The Bertz CT molecular complexity index is 1160. The first-order valence-electron chi connectivity index (χ1n) is 13.7. The Hall–Kier alpha value is -3.03. The van der Waals surface area contributed by atoms with E-state index in [1.54, 1.807) is 0 Å². The molecule has 3 heterocycles. The molecule has 1 aromatic heterocycles. The van der Waals surface area contributed by atoms with Crippen molar-refractivity contribution >= 4 is 5.91 Å². The van der Waals surface area contributed by atoms with Crippen molar-refractivity contribution in [3.8, 4) is 11.4 Å². The normalized spacial score (nSPS) is 18.2. The number of carbonyl (C=O) groups excluding carboxylic acids is 1. The number of aryl methyl sites for hydroxylation is 1. The summed E-state index contributed by atoms with van der Waals surface area (Å²) in [6.45, 7) is 10.7. The van der Waals surface area contributed by atoms with Crippen LogP contribution >= 0.6 is 0 Å². The first kappa shape index (κ1) is 25.6. The van der Waals surface area contributed by atoms with Crippen LogP contribution in [0.15, 0.2) is 53.1 Å². The molecule has 7 nitrogen and oxygen atoms in total. The molecule has 0 saturated carbocycles. The summed E-state index contributed by atoms with van der Waals surface area (Å²) in [6.07, 6.45) is 4.29. The number of nitrogens with one attached hydrogen (secondary N) is 1. The average molecular weight is 502 g/mol. The van der Waals surface area contributed by atoms with Crippen molar-refractivity contribution < 1.29 is 9.32 Å². The van der Waals surface area contributed by atoms with Gasteiger partial charge in [0.05, 0.1) is 6.54 Å². The topological polar surface area (TPSA) is 74.5 Å². The lowest BCUT2D eigenvalue weighted by Crippen LogP contribution is -2.40. The Morgan fingerprint density at radius 2 is 1.62 bits per heavy atom. The standard InChI is InChI=1S/C30H39N5O2/c1-22-10-14-34(15-11-22)20-25-8-6-24(7-9-25)19-31-30(36)26-12-16-35(17-13-26)21-28-32-29(33-37-28)27-5-3-4-23(2)18-27/h3-9,18,22,26H,10-17,19-21H2,1-2H3,(H,31,36). The van der Waals surface area contributed by atoms with Crippen molar-refractivity contribution in [2.75, 3.05) is 26.2 Å². The summed E-state index contributed by atoms with van der Waals surface area (Å²) in [5.74, 6) is 2.32. The number of rotatable bonds is 8. The zero-order chi connectivity index (χ0) is 25.6. The second kappa shape index (κ2) is 12.0. The maximum Gasteiger partial charge on any atom is 0.241 e. The van der Waals surface area contributed by atoms with E-state index in [9.17, 15) is 4.79 Å². The third kappa shape index (κ3) is 7.05. The molecular weight excluding hydrogens is 462 g/mol. The molecule has 7 heteroatoms. The zero-order valence-corrected chi connectivity index (χ0v) is 22.2. The molecule has 0 unspecified atom stereocenters.